The van der Waals surface area contributed by atoms with Crippen LogP contribution in [0.2, 0.25) is 5.02 Å². The van der Waals surface area contributed by atoms with Gasteiger partial charge in [0.1, 0.15) is 11.2 Å². The lowest BCUT2D eigenvalue weighted by Crippen LogP contribution is -2.28. The van der Waals surface area contributed by atoms with Crippen LogP contribution in [0.4, 0.5) is 0 Å². The zero-order chi connectivity index (χ0) is 16.2. The summed E-state index contributed by atoms with van der Waals surface area (Å²) >= 11 is 7.45. The van der Waals surface area contributed by atoms with Gasteiger partial charge in [0.15, 0.2) is 6.61 Å². The molecule has 0 aliphatic carbocycles. The van der Waals surface area contributed by atoms with Gasteiger partial charge in [-0.2, -0.15) is 0 Å². The van der Waals surface area contributed by atoms with Crippen molar-refractivity contribution < 1.29 is 9.53 Å². The lowest BCUT2D eigenvalue weighted by molar-refractivity contribution is -0.123. The first kappa shape index (κ1) is 15.7. The molecule has 0 bridgehead atoms. The maximum atomic E-state index is 11.6. The molecule has 0 unspecified atom stereocenters. The SMILES string of the molecule is CCNC(=O)COc1ncnc2scc(-c3ccc(Cl)cc3)c12. The Kier molecular flexibility index (Phi) is 4.73. The first-order valence-corrected chi connectivity index (χ1v) is 8.32. The summed E-state index contributed by atoms with van der Waals surface area (Å²) in [6, 6.07) is 7.54. The summed E-state index contributed by atoms with van der Waals surface area (Å²) in [4.78, 5) is 20.9. The molecule has 7 heteroatoms. The molecule has 0 aliphatic rings. The van der Waals surface area contributed by atoms with Crippen molar-refractivity contribution in [2.75, 3.05) is 13.2 Å². The quantitative estimate of drug-likeness (QED) is 0.767. The fourth-order valence-electron chi connectivity index (χ4n) is 2.18. The Morgan fingerprint density at radius 3 is 2.83 bits per heavy atom. The minimum absolute atomic E-state index is 0.0736. The largest absolute Gasteiger partial charge is 0.467 e. The van der Waals surface area contributed by atoms with Crippen LogP contribution in [-0.2, 0) is 4.79 Å². The van der Waals surface area contributed by atoms with Gasteiger partial charge in [0, 0.05) is 22.5 Å². The third-order valence-electron chi connectivity index (χ3n) is 3.20. The highest BCUT2D eigenvalue weighted by Crippen LogP contribution is 2.37. The average Bonchev–Trinajstić information content (AvgIpc) is 2.98. The van der Waals surface area contributed by atoms with Crippen LogP contribution in [0.5, 0.6) is 5.88 Å². The van der Waals surface area contributed by atoms with E-state index in [1.54, 1.807) is 0 Å². The van der Waals surface area contributed by atoms with Crippen molar-refractivity contribution in [2.45, 2.75) is 6.92 Å². The number of hydrogen-bond acceptors (Lipinski definition) is 5. The Morgan fingerprint density at radius 1 is 1.30 bits per heavy atom. The molecule has 0 spiro atoms. The van der Waals surface area contributed by atoms with Crippen molar-refractivity contribution in [3.63, 3.8) is 0 Å². The number of halogens is 1. The van der Waals surface area contributed by atoms with E-state index in [2.05, 4.69) is 15.3 Å². The Bertz CT molecular complexity index is 833. The van der Waals surface area contributed by atoms with Crippen molar-refractivity contribution >= 4 is 39.1 Å². The molecule has 0 saturated carbocycles. The fraction of sp³-hybridized carbons (Fsp3) is 0.188. The molecule has 2 aromatic heterocycles. The summed E-state index contributed by atoms with van der Waals surface area (Å²) in [5, 5.41) is 6.18. The number of ether oxygens (including phenoxy) is 1. The third-order valence-corrected chi connectivity index (χ3v) is 4.34. The zero-order valence-corrected chi connectivity index (χ0v) is 13.9. The number of likely N-dealkylation sites (N-methyl/N-ethyl adjacent to an activating group) is 1. The summed E-state index contributed by atoms with van der Waals surface area (Å²) < 4.78 is 5.60. The number of rotatable bonds is 5. The van der Waals surface area contributed by atoms with E-state index in [4.69, 9.17) is 16.3 Å². The first-order chi connectivity index (χ1) is 11.2. The number of aromatic nitrogens is 2. The van der Waals surface area contributed by atoms with Gasteiger partial charge in [-0.05, 0) is 24.6 Å². The standard InChI is InChI=1S/C16H14ClN3O2S/c1-2-18-13(21)7-22-15-14-12(8-23-16(14)20-9-19-15)10-3-5-11(17)6-4-10/h3-6,8-9H,2,7H2,1H3,(H,18,21). The molecule has 1 aromatic carbocycles. The van der Waals surface area contributed by atoms with E-state index in [0.29, 0.717) is 17.4 Å². The Hall–Kier alpha value is -2.18. The van der Waals surface area contributed by atoms with Crippen molar-refractivity contribution in [2.24, 2.45) is 0 Å². The molecule has 2 heterocycles. The smallest absolute Gasteiger partial charge is 0.257 e. The number of amides is 1. The average molecular weight is 348 g/mol. The van der Waals surface area contributed by atoms with E-state index in [-0.39, 0.29) is 12.5 Å². The van der Waals surface area contributed by atoms with Gasteiger partial charge in [0.2, 0.25) is 5.88 Å². The van der Waals surface area contributed by atoms with Crippen LogP contribution in [-0.4, -0.2) is 29.0 Å². The minimum atomic E-state index is -0.178. The number of nitrogens with zero attached hydrogens (tertiary/aromatic N) is 2. The second-order valence-electron chi connectivity index (χ2n) is 4.76. The number of carbonyl (C=O) groups is 1. The number of fused-ring (bicyclic) bond motifs is 1. The molecule has 0 aliphatic heterocycles. The zero-order valence-electron chi connectivity index (χ0n) is 12.4. The number of hydrogen-bond donors (Lipinski definition) is 1. The first-order valence-electron chi connectivity index (χ1n) is 7.06. The number of thiophene rings is 1. The molecular formula is C16H14ClN3O2S. The van der Waals surface area contributed by atoms with Crippen LogP contribution in [0.1, 0.15) is 6.92 Å². The molecule has 118 valence electrons. The van der Waals surface area contributed by atoms with Gasteiger partial charge in [-0.15, -0.1) is 11.3 Å². The van der Waals surface area contributed by atoms with Crippen LogP contribution in [0.3, 0.4) is 0 Å². The topological polar surface area (TPSA) is 64.1 Å². The van der Waals surface area contributed by atoms with E-state index in [9.17, 15) is 4.79 Å². The highest BCUT2D eigenvalue weighted by molar-refractivity contribution is 7.17. The number of nitrogens with one attached hydrogen (secondary N) is 1. The van der Waals surface area contributed by atoms with Crippen molar-refractivity contribution in [1.82, 2.24) is 15.3 Å². The second kappa shape index (κ2) is 6.93. The van der Waals surface area contributed by atoms with Gasteiger partial charge < -0.3 is 10.1 Å². The van der Waals surface area contributed by atoms with Crippen molar-refractivity contribution in [1.29, 1.82) is 0 Å². The molecule has 23 heavy (non-hydrogen) atoms. The van der Waals surface area contributed by atoms with Gasteiger partial charge in [0.25, 0.3) is 5.91 Å². The number of carbonyl (C=O) groups excluding carboxylic acids is 1. The summed E-state index contributed by atoms with van der Waals surface area (Å²) in [5.41, 5.74) is 1.96. The van der Waals surface area contributed by atoms with Gasteiger partial charge in [-0.1, -0.05) is 23.7 Å². The van der Waals surface area contributed by atoms with Crippen LogP contribution in [0, 0.1) is 0 Å². The van der Waals surface area contributed by atoms with Gasteiger partial charge in [-0.25, -0.2) is 9.97 Å². The Balaban J connectivity index is 1.97. The summed E-state index contributed by atoms with van der Waals surface area (Å²) in [7, 11) is 0. The molecule has 0 atom stereocenters. The van der Waals surface area contributed by atoms with Crippen LogP contribution >= 0.6 is 22.9 Å². The lowest BCUT2D eigenvalue weighted by atomic mass is 10.1. The molecule has 1 N–H and O–H groups in total. The predicted octanol–water partition coefficient (Wildman–Crippen LogP) is 3.53. The maximum absolute atomic E-state index is 11.6. The third kappa shape index (κ3) is 3.43. The van der Waals surface area contributed by atoms with Crippen LogP contribution in [0.15, 0.2) is 36.0 Å². The predicted molar refractivity (Wildman–Crippen MR) is 92.0 cm³/mol. The Labute approximate surface area is 142 Å². The molecule has 1 amide bonds. The van der Waals surface area contributed by atoms with Crippen molar-refractivity contribution in [3.05, 3.63) is 41.0 Å². The molecule has 3 rings (SSSR count). The fourth-order valence-corrected chi connectivity index (χ4v) is 3.21. The minimum Gasteiger partial charge on any atom is -0.467 e. The molecular weight excluding hydrogens is 334 g/mol. The normalized spacial score (nSPS) is 10.7. The lowest BCUT2D eigenvalue weighted by Gasteiger charge is -2.07. The summed E-state index contributed by atoms with van der Waals surface area (Å²) in [5.74, 6) is 0.231. The highest BCUT2D eigenvalue weighted by Gasteiger charge is 2.15. The number of benzene rings is 1. The molecule has 0 fully saturated rings. The monoisotopic (exact) mass is 347 g/mol. The maximum Gasteiger partial charge on any atom is 0.257 e. The van der Waals surface area contributed by atoms with Gasteiger partial charge >= 0.3 is 0 Å². The summed E-state index contributed by atoms with van der Waals surface area (Å²) in [6.45, 7) is 2.35. The van der Waals surface area contributed by atoms with Crippen LogP contribution < -0.4 is 10.1 Å². The van der Waals surface area contributed by atoms with Crippen molar-refractivity contribution in [3.8, 4) is 17.0 Å². The van der Waals surface area contributed by atoms with E-state index in [0.717, 1.165) is 21.3 Å². The Morgan fingerprint density at radius 2 is 2.09 bits per heavy atom. The second-order valence-corrected chi connectivity index (χ2v) is 6.05. The molecule has 0 saturated heterocycles. The van der Waals surface area contributed by atoms with E-state index in [1.165, 1.54) is 17.7 Å². The summed E-state index contributed by atoms with van der Waals surface area (Å²) in [6.07, 6.45) is 1.44. The molecule has 0 radical (unpaired) electrons. The molecule has 5 nitrogen and oxygen atoms in total. The van der Waals surface area contributed by atoms with E-state index in [1.807, 2.05) is 36.6 Å². The van der Waals surface area contributed by atoms with Crippen LogP contribution in [0.25, 0.3) is 21.3 Å². The molecule has 3 aromatic rings. The highest BCUT2D eigenvalue weighted by atomic mass is 35.5. The van der Waals surface area contributed by atoms with E-state index >= 15 is 0 Å². The van der Waals surface area contributed by atoms with Gasteiger partial charge in [-0.3, -0.25) is 4.79 Å². The van der Waals surface area contributed by atoms with Gasteiger partial charge in [0.05, 0.1) is 5.39 Å². The van der Waals surface area contributed by atoms with E-state index < -0.39 is 0 Å².